The lowest BCUT2D eigenvalue weighted by molar-refractivity contribution is -0.453. The summed E-state index contributed by atoms with van der Waals surface area (Å²) in [5, 5.41) is 6.22. The predicted octanol–water partition coefficient (Wildman–Crippen LogP) is -0.522. The summed E-state index contributed by atoms with van der Waals surface area (Å²) < 4.78 is 0. The van der Waals surface area contributed by atoms with E-state index in [-0.39, 0.29) is 0 Å². The molecule has 0 aliphatic rings. The second-order valence-corrected chi connectivity index (χ2v) is 1.19. The maximum atomic E-state index is 5.22. The Kier molecular flexibility index (Phi) is 0.898. The summed E-state index contributed by atoms with van der Waals surface area (Å²) in [6, 6.07) is 3.51. The molecule has 1 rings (SSSR count). The standard InChI is InChI=1S/C4H5N3/c5-4-2-1-3-6-7-4/h1-3H,(H2,5,7)/p+1. The molecule has 0 bridgehead atoms. The van der Waals surface area contributed by atoms with Crippen molar-refractivity contribution in [3.63, 3.8) is 0 Å². The molecule has 3 N–H and O–H groups in total. The van der Waals surface area contributed by atoms with E-state index in [1.807, 2.05) is 0 Å². The molecule has 0 amide bonds. The topological polar surface area (TPSA) is 53.0 Å². The Hall–Kier alpha value is -1.12. The average molecular weight is 96.1 g/mol. The molecule has 3 heteroatoms. The van der Waals surface area contributed by atoms with Gasteiger partial charge in [-0.15, -0.1) is 5.10 Å². The Balaban J connectivity index is 3.02. The number of aromatic nitrogens is 2. The van der Waals surface area contributed by atoms with Crippen LogP contribution in [0.4, 0.5) is 5.82 Å². The monoisotopic (exact) mass is 96.1 g/mol. The van der Waals surface area contributed by atoms with Crippen LogP contribution in [0.5, 0.6) is 0 Å². The smallest absolute Gasteiger partial charge is 0.193 e. The van der Waals surface area contributed by atoms with Crippen molar-refractivity contribution in [2.24, 2.45) is 0 Å². The molecule has 0 unspecified atom stereocenters. The zero-order valence-electron chi connectivity index (χ0n) is 3.76. The molecule has 3 nitrogen and oxygen atoms in total. The lowest BCUT2D eigenvalue weighted by atomic mass is 10.6. The number of rotatable bonds is 0. The number of H-pyrrole nitrogens is 1. The van der Waals surface area contributed by atoms with Gasteiger partial charge in [0.05, 0.1) is 0 Å². The Morgan fingerprint density at radius 3 is 2.86 bits per heavy atom. The van der Waals surface area contributed by atoms with E-state index in [1.165, 1.54) is 0 Å². The van der Waals surface area contributed by atoms with Gasteiger partial charge in [0.2, 0.25) is 0 Å². The van der Waals surface area contributed by atoms with Crippen LogP contribution >= 0.6 is 0 Å². The first-order chi connectivity index (χ1) is 3.39. The van der Waals surface area contributed by atoms with Gasteiger partial charge < -0.3 is 5.73 Å². The number of aromatic amines is 1. The van der Waals surface area contributed by atoms with Crippen molar-refractivity contribution in [3.8, 4) is 0 Å². The zero-order valence-corrected chi connectivity index (χ0v) is 3.76. The van der Waals surface area contributed by atoms with E-state index in [9.17, 15) is 0 Å². The fraction of sp³-hybridized carbons (Fsp3) is 0. The third-order valence-corrected chi connectivity index (χ3v) is 0.631. The van der Waals surface area contributed by atoms with E-state index < -0.39 is 0 Å². The highest BCUT2D eigenvalue weighted by atomic mass is 15.1. The van der Waals surface area contributed by atoms with Gasteiger partial charge in [-0.2, -0.15) is 0 Å². The quantitative estimate of drug-likeness (QED) is 0.472. The van der Waals surface area contributed by atoms with Crippen molar-refractivity contribution in [3.05, 3.63) is 18.3 Å². The van der Waals surface area contributed by atoms with E-state index in [1.54, 1.807) is 18.3 Å². The van der Waals surface area contributed by atoms with Gasteiger partial charge in [0, 0.05) is 11.2 Å². The predicted molar refractivity (Wildman–Crippen MR) is 25.2 cm³/mol. The summed E-state index contributed by atoms with van der Waals surface area (Å²) in [6.45, 7) is 0. The summed E-state index contributed by atoms with van der Waals surface area (Å²) in [4.78, 5) is 0. The van der Waals surface area contributed by atoms with Crippen molar-refractivity contribution in [1.29, 1.82) is 0 Å². The van der Waals surface area contributed by atoms with Gasteiger partial charge in [-0.3, -0.25) is 0 Å². The molecule has 0 saturated carbocycles. The summed E-state index contributed by atoms with van der Waals surface area (Å²) >= 11 is 0. The van der Waals surface area contributed by atoms with Crippen LogP contribution < -0.4 is 10.8 Å². The van der Waals surface area contributed by atoms with Crippen molar-refractivity contribution < 1.29 is 5.10 Å². The normalized spacial score (nSPS) is 8.57. The van der Waals surface area contributed by atoms with Gasteiger partial charge in [0.15, 0.2) is 12.0 Å². The van der Waals surface area contributed by atoms with E-state index >= 15 is 0 Å². The van der Waals surface area contributed by atoms with Gasteiger partial charge in [-0.05, 0) is 6.07 Å². The summed E-state index contributed by atoms with van der Waals surface area (Å²) in [6.07, 6.45) is 1.70. The van der Waals surface area contributed by atoms with Crippen LogP contribution in [0, 0.1) is 0 Å². The van der Waals surface area contributed by atoms with Crippen molar-refractivity contribution >= 4 is 5.82 Å². The first kappa shape index (κ1) is 4.05. The molecule has 0 atom stereocenters. The van der Waals surface area contributed by atoms with Crippen LogP contribution in [0.25, 0.3) is 0 Å². The maximum Gasteiger partial charge on any atom is 0.193 e. The molecule has 1 heterocycles. The Morgan fingerprint density at radius 2 is 2.57 bits per heavy atom. The highest BCUT2D eigenvalue weighted by Crippen LogP contribution is 1.83. The van der Waals surface area contributed by atoms with E-state index in [0.29, 0.717) is 5.82 Å². The zero-order chi connectivity index (χ0) is 5.11. The third kappa shape index (κ3) is 0.855. The number of hydrogen-bond donors (Lipinski definition) is 1. The Bertz CT molecular complexity index is 137. The molecule has 7 heavy (non-hydrogen) atoms. The number of nitrogens with one attached hydrogen (secondary N) is 1. The van der Waals surface area contributed by atoms with Crippen LogP contribution in [0.3, 0.4) is 0 Å². The number of nitrogen functional groups attached to an aromatic ring is 1. The SMILES string of the molecule is Nc1ccc[nH+]n1. The highest BCUT2D eigenvalue weighted by molar-refractivity contribution is 5.21. The molecule has 0 aliphatic carbocycles. The van der Waals surface area contributed by atoms with Crippen LogP contribution in [0.2, 0.25) is 0 Å². The van der Waals surface area contributed by atoms with E-state index in [0.717, 1.165) is 0 Å². The summed E-state index contributed by atoms with van der Waals surface area (Å²) in [5.74, 6) is 0.516. The molecule has 0 spiro atoms. The van der Waals surface area contributed by atoms with Crippen LogP contribution in [-0.2, 0) is 0 Å². The van der Waals surface area contributed by atoms with Crippen molar-refractivity contribution in [2.45, 2.75) is 0 Å². The minimum absolute atomic E-state index is 0.516. The van der Waals surface area contributed by atoms with Crippen LogP contribution in [-0.4, -0.2) is 5.10 Å². The molecule has 1 aromatic rings. The molecular weight excluding hydrogens is 90.1 g/mol. The third-order valence-electron chi connectivity index (χ3n) is 0.631. The fourth-order valence-electron chi connectivity index (χ4n) is 0.339. The molecule has 1 aromatic heterocycles. The first-order valence-electron chi connectivity index (χ1n) is 1.98. The lowest BCUT2D eigenvalue weighted by Gasteiger charge is -1.75. The van der Waals surface area contributed by atoms with Gasteiger partial charge in [-0.1, -0.05) is 0 Å². The Labute approximate surface area is 41.2 Å². The molecule has 0 saturated heterocycles. The minimum Gasteiger partial charge on any atom is -0.379 e. The van der Waals surface area contributed by atoms with Crippen molar-refractivity contribution in [2.75, 3.05) is 5.73 Å². The number of anilines is 1. The number of nitrogens with zero attached hydrogens (tertiary/aromatic N) is 1. The van der Waals surface area contributed by atoms with Crippen LogP contribution in [0.1, 0.15) is 0 Å². The molecule has 0 radical (unpaired) electrons. The van der Waals surface area contributed by atoms with Crippen LogP contribution in [0.15, 0.2) is 18.3 Å². The molecule has 0 aliphatic heterocycles. The van der Waals surface area contributed by atoms with E-state index in [2.05, 4.69) is 10.2 Å². The summed E-state index contributed by atoms with van der Waals surface area (Å²) in [7, 11) is 0. The number of hydrogen-bond acceptors (Lipinski definition) is 2. The van der Waals surface area contributed by atoms with Gasteiger partial charge in [-0.25, -0.2) is 0 Å². The van der Waals surface area contributed by atoms with Gasteiger partial charge >= 0.3 is 0 Å². The second kappa shape index (κ2) is 1.55. The first-order valence-corrected chi connectivity index (χ1v) is 1.98. The Morgan fingerprint density at radius 1 is 1.71 bits per heavy atom. The second-order valence-electron chi connectivity index (χ2n) is 1.19. The molecular formula is C4H6N3+. The lowest BCUT2D eigenvalue weighted by Crippen LogP contribution is -2.07. The minimum atomic E-state index is 0.516. The average Bonchev–Trinajstić information content (AvgIpc) is 1.69. The largest absolute Gasteiger partial charge is 0.379 e. The summed E-state index contributed by atoms with van der Waals surface area (Å²) in [5.41, 5.74) is 5.22. The van der Waals surface area contributed by atoms with Gasteiger partial charge in [0.25, 0.3) is 0 Å². The highest BCUT2D eigenvalue weighted by Gasteiger charge is 1.81. The molecule has 0 aromatic carbocycles. The van der Waals surface area contributed by atoms with E-state index in [4.69, 9.17) is 5.73 Å². The number of nitrogens with two attached hydrogens (primary N) is 1. The maximum absolute atomic E-state index is 5.22. The molecule has 0 fully saturated rings. The van der Waals surface area contributed by atoms with Crippen molar-refractivity contribution in [1.82, 2.24) is 5.10 Å². The fourth-order valence-corrected chi connectivity index (χ4v) is 0.339. The van der Waals surface area contributed by atoms with Gasteiger partial charge in [0.1, 0.15) is 0 Å². The molecule has 36 valence electrons.